The maximum absolute atomic E-state index is 12.0. The molecule has 1 heterocycles. The van der Waals surface area contributed by atoms with Crippen LogP contribution < -0.4 is 10.6 Å². The smallest absolute Gasteiger partial charge is 0.227 e. The van der Waals surface area contributed by atoms with Gasteiger partial charge in [-0.05, 0) is 63.5 Å². The van der Waals surface area contributed by atoms with Crippen LogP contribution in [0.15, 0.2) is 39.5 Å². The molecule has 2 N–H and O–H groups in total. The van der Waals surface area contributed by atoms with Crippen molar-refractivity contribution in [1.82, 2.24) is 5.32 Å². The van der Waals surface area contributed by atoms with E-state index in [0.717, 1.165) is 35.4 Å². The van der Waals surface area contributed by atoms with Crippen molar-refractivity contribution in [2.24, 2.45) is 5.92 Å². The van der Waals surface area contributed by atoms with Crippen LogP contribution in [0, 0.1) is 5.92 Å². The summed E-state index contributed by atoms with van der Waals surface area (Å²) in [4.78, 5) is 12.0. The van der Waals surface area contributed by atoms with E-state index in [9.17, 15) is 4.79 Å². The highest BCUT2D eigenvalue weighted by atomic mass is 79.9. The summed E-state index contributed by atoms with van der Waals surface area (Å²) in [5, 5.41) is 8.60. The molecule has 22 heavy (non-hydrogen) atoms. The fourth-order valence-electron chi connectivity index (χ4n) is 2.46. The molecule has 1 fully saturated rings. The summed E-state index contributed by atoms with van der Waals surface area (Å²) in [7, 11) is 0. The summed E-state index contributed by atoms with van der Waals surface area (Å²) in [5.41, 5.74) is 3.36. The van der Waals surface area contributed by atoms with Crippen LogP contribution in [0.5, 0.6) is 0 Å². The van der Waals surface area contributed by atoms with Crippen molar-refractivity contribution in [1.29, 1.82) is 0 Å². The summed E-state index contributed by atoms with van der Waals surface area (Å²) in [6, 6.07) is 10.2. The van der Waals surface area contributed by atoms with Crippen molar-refractivity contribution in [3.8, 4) is 0 Å². The van der Waals surface area contributed by atoms with E-state index >= 15 is 0 Å². The average Bonchev–Trinajstić information content (AvgIpc) is 2.83. The molecule has 0 bridgehead atoms. The van der Waals surface area contributed by atoms with Gasteiger partial charge in [0, 0.05) is 24.7 Å². The van der Waals surface area contributed by atoms with E-state index in [4.69, 9.17) is 0 Å². The first kappa shape index (κ1) is 15.7. The van der Waals surface area contributed by atoms with Crippen LogP contribution in [0.25, 0.3) is 0 Å². The number of rotatable bonds is 6. The van der Waals surface area contributed by atoms with E-state index in [1.807, 2.05) is 18.2 Å². The quantitative estimate of drug-likeness (QED) is 0.774. The molecule has 3 rings (SSSR count). The van der Waals surface area contributed by atoms with Gasteiger partial charge in [0.1, 0.15) is 0 Å². The summed E-state index contributed by atoms with van der Waals surface area (Å²) in [5.74, 6) is 0.387. The zero-order chi connectivity index (χ0) is 15.4. The van der Waals surface area contributed by atoms with Gasteiger partial charge < -0.3 is 10.6 Å². The summed E-state index contributed by atoms with van der Waals surface area (Å²) < 4.78 is 1.16. The highest BCUT2D eigenvalue weighted by molar-refractivity contribution is 9.11. The highest BCUT2D eigenvalue weighted by Gasteiger charge is 2.25. The minimum atomic E-state index is 0.166. The molecular formula is C17H19BrN2OS. The van der Waals surface area contributed by atoms with E-state index in [0.29, 0.717) is 0 Å². The van der Waals surface area contributed by atoms with E-state index in [1.54, 1.807) is 11.3 Å². The maximum atomic E-state index is 12.0. The molecule has 2 aromatic rings. The first-order valence-electron chi connectivity index (χ1n) is 7.54. The fraction of sp³-hybridized carbons (Fsp3) is 0.353. The largest absolute Gasteiger partial charge is 0.326 e. The molecule has 3 nitrogen and oxygen atoms in total. The molecule has 5 heteroatoms. The molecule has 0 atom stereocenters. The lowest BCUT2D eigenvalue weighted by Crippen LogP contribution is -2.28. The topological polar surface area (TPSA) is 41.1 Å². The monoisotopic (exact) mass is 378 g/mol. The molecule has 1 aliphatic carbocycles. The van der Waals surface area contributed by atoms with Crippen molar-refractivity contribution >= 4 is 38.9 Å². The number of hydrogen-bond acceptors (Lipinski definition) is 3. The van der Waals surface area contributed by atoms with Crippen molar-refractivity contribution < 1.29 is 4.79 Å². The number of thiophene rings is 1. The zero-order valence-corrected chi connectivity index (χ0v) is 14.7. The Morgan fingerprint density at radius 3 is 2.73 bits per heavy atom. The molecule has 116 valence electrons. The van der Waals surface area contributed by atoms with Crippen LogP contribution in [0.1, 0.15) is 30.4 Å². The Bertz CT molecular complexity index is 652. The van der Waals surface area contributed by atoms with E-state index in [-0.39, 0.29) is 11.8 Å². The lowest BCUT2D eigenvalue weighted by Gasteiger charge is -2.24. The van der Waals surface area contributed by atoms with Crippen LogP contribution in [-0.2, 0) is 17.9 Å². The molecule has 0 spiro atoms. The molecule has 1 aliphatic rings. The van der Waals surface area contributed by atoms with Gasteiger partial charge in [-0.1, -0.05) is 18.6 Å². The molecule has 1 aromatic carbocycles. The Morgan fingerprint density at radius 2 is 2.05 bits per heavy atom. The normalized spacial score (nSPS) is 14.6. The molecule has 0 saturated heterocycles. The summed E-state index contributed by atoms with van der Waals surface area (Å²) >= 11 is 5.17. The molecule has 0 unspecified atom stereocenters. The Balaban J connectivity index is 1.51. The summed E-state index contributed by atoms with van der Waals surface area (Å²) in [6.45, 7) is 1.64. The van der Waals surface area contributed by atoms with Gasteiger partial charge in [0.15, 0.2) is 0 Å². The van der Waals surface area contributed by atoms with Crippen LogP contribution in [0.4, 0.5) is 5.69 Å². The second-order valence-electron chi connectivity index (χ2n) is 5.68. The van der Waals surface area contributed by atoms with Gasteiger partial charge >= 0.3 is 0 Å². The molecule has 1 saturated carbocycles. The second kappa shape index (κ2) is 7.40. The third kappa shape index (κ3) is 4.18. The highest BCUT2D eigenvalue weighted by Crippen LogP contribution is 2.27. The van der Waals surface area contributed by atoms with Gasteiger partial charge in [-0.3, -0.25) is 4.79 Å². The van der Waals surface area contributed by atoms with Crippen LogP contribution >= 0.6 is 27.3 Å². The number of benzene rings is 1. The van der Waals surface area contributed by atoms with Crippen molar-refractivity contribution in [3.63, 3.8) is 0 Å². The van der Waals surface area contributed by atoms with Gasteiger partial charge in [-0.15, -0.1) is 11.3 Å². The molecular weight excluding hydrogens is 360 g/mol. The van der Waals surface area contributed by atoms with Crippen molar-refractivity contribution in [2.45, 2.75) is 32.4 Å². The summed E-state index contributed by atoms with van der Waals surface area (Å²) in [6.07, 6.45) is 3.24. The Morgan fingerprint density at radius 1 is 1.23 bits per heavy atom. The number of carbonyl (C=O) groups excluding carboxylic acids is 1. The number of hydrogen-bond donors (Lipinski definition) is 2. The van der Waals surface area contributed by atoms with Gasteiger partial charge in [0.2, 0.25) is 5.91 Å². The first-order chi connectivity index (χ1) is 10.7. The SMILES string of the molecule is O=C(Nc1cccc(CNCc2csc(Br)c2)c1)C1CCC1. The van der Waals surface area contributed by atoms with Crippen molar-refractivity contribution in [3.05, 3.63) is 50.6 Å². The van der Waals surface area contributed by atoms with E-state index in [1.165, 1.54) is 17.5 Å². The average molecular weight is 379 g/mol. The molecule has 0 radical (unpaired) electrons. The van der Waals surface area contributed by atoms with Crippen LogP contribution in [0.3, 0.4) is 0 Å². The lowest BCUT2D eigenvalue weighted by atomic mass is 9.85. The van der Waals surface area contributed by atoms with Crippen LogP contribution in [0.2, 0.25) is 0 Å². The number of nitrogens with one attached hydrogen (secondary N) is 2. The Hall–Kier alpha value is -1.17. The Kier molecular flexibility index (Phi) is 5.28. The standard InChI is InChI=1S/C17H19BrN2OS/c18-16-8-13(11-22-16)10-19-9-12-3-1-6-15(7-12)20-17(21)14-4-2-5-14/h1,3,6-8,11,14,19H,2,4-5,9-10H2,(H,20,21). The lowest BCUT2D eigenvalue weighted by molar-refractivity contribution is -0.122. The van der Waals surface area contributed by atoms with Gasteiger partial charge in [0.05, 0.1) is 3.79 Å². The predicted octanol–water partition coefficient (Wildman–Crippen LogP) is 4.54. The number of anilines is 1. The van der Waals surface area contributed by atoms with Crippen LogP contribution in [-0.4, -0.2) is 5.91 Å². The van der Waals surface area contributed by atoms with Crippen molar-refractivity contribution in [2.75, 3.05) is 5.32 Å². The molecule has 0 aliphatic heterocycles. The minimum Gasteiger partial charge on any atom is -0.326 e. The van der Waals surface area contributed by atoms with Gasteiger partial charge in [-0.2, -0.15) is 0 Å². The van der Waals surface area contributed by atoms with Gasteiger partial charge in [-0.25, -0.2) is 0 Å². The third-order valence-electron chi connectivity index (χ3n) is 3.95. The zero-order valence-electron chi connectivity index (χ0n) is 12.3. The number of halogens is 1. The van der Waals surface area contributed by atoms with Gasteiger partial charge in [0.25, 0.3) is 0 Å². The van der Waals surface area contributed by atoms with E-state index in [2.05, 4.69) is 44.1 Å². The fourth-order valence-corrected chi connectivity index (χ4v) is 3.67. The number of carbonyl (C=O) groups is 1. The predicted molar refractivity (Wildman–Crippen MR) is 95.0 cm³/mol. The minimum absolute atomic E-state index is 0.166. The Labute approximate surface area is 143 Å². The first-order valence-corrected chi connectivity index (χ1v) is 9.21. The van der Waals surface area contributed by atoms with E-state index < -0.39 is 0 Å². The molecule has 1 aromatic heterocycles. The molecule has 1 amide bonds. The second-order valence-corrected chi connectivity index (χ2v) is 7.97. The third-order valence-corrected chi connectivity index (χ3v) is 5.50. The maximum Gasteiger partial charge on any atom is 0.227 e. The number of amides is 1.